The van der Waals surface area contributed by atoms with Crippen LogP contribution >= 0.6 is 11.6 Å². The fourth-order valence-electron chi connectivity index (χ4n) is 2.52. The van der Waals surface area contributed by atoms with Gasteiger partial charge < -0.3 is 22.1 Å². The number of halogens is 1. The van der Waals surface area contributed by atoms with Gasteiger partial charge in [-0.25, -0.2) is 4.68 Å². The van der Waals surface area contributed by atoms with Crippen LogP contribution in [0.25, 0.3) is 11.2 Å². The van der Waals surface area contributed by atoms with Crippen LogP contribution in [-0.4, -0.2) is 37.5 Å². The molecule has 3 aromatic rings. The van der Waals surface area contributed by atoms with E-state index in [4.69, 9.17) is 23.1 Å². The molecule has 0 saturated heterocycles. The van der Waals surface area contributed by atoms with Crippen LogP contribution in [0.4, 0.5) is 17.5 Å². The molecule has 0 amide bonds. The summed E-state index contributed by atoms with van der Waals surface area (Å²) in [7, 11) is 0. The van der Waals surface area contributed by atoms with Crippen molar-refractivity contribution >= 4 is 40.2 Å². The summed E-state index contributed by atoms with van der Waals surface area (Å²) in [5.74, 6) is 1.06. The number of hydrogen-bond acceptors (Lipinski definition) is 8. The molecule has 1 unspecified atom stereocenters. The van der Waals surface area contributed by atoms with Gasteiger partial charge in [-0.15, -0.1) is 5.10 Å². The third kappa shape index (κ3) is 4.37. The topological polar surface area (TPSA) is 133 Å². The van der Waals surface area contributed by atoms with Crippen LogP contribution in [-0.2, 0) is 6.54 Å². The highest BCUT2D eigenvalue weighted by Crippen LogP contribution is 2.24. The van der Waals surface area contributed by atoms with E-state index in [9.17, 15) is 0 Å². The number of aromatic nitrogens is 5. The van der Waals surface area contributed by atoms with E-state index in [0.29, 0.717) is 46.7 Å². The molecule has 0 spiro atoms. The number of nitrogens with two attached hydrogens (primary N) is 2. The standard InChI is InChI=1S/C17H24ClN9/c1-9(2)27-16-14(25-26-27)15(23-17(24-16)22-7-10(3)19)21-8-11-4-5-12(18)13(20)6-11/h4-6,9-10H,7-8,19-20H2,1-3H3,(H2,21,22,23,24). The lowest BCUT2D eigenvalue weighted by Gasteiger charge is -2.12. The van der Waals surface area contributed by atoms with Crippen molar-refractivity contribution in [2.45, 2.75) is 39.4 Å². The van der Waals surface area contributed by atoms with E-state index >= 15 is 0 Å². The second-order valence-electron chi connectivity index (χ2n) is 6.76. The fourth-order valence-corrected chi connectivity index (χ4v) is 2.64. The molecule has 9 nitrogen and oxygen atoms in total. The van der Waals surface area contributed by atoms with E-state index < -0.39 is 0 Å². The Balaban J connectivity index is 1.92. The number of nitrogens with one attached hydrogen (secondary N) is 2. The lowest BCUT2D eigenvalue weighted by molar-refractivity contribution is 0.526. The summed E-state index contributed by atoms with van der Waals surface area (Å²) in [5.41, 5.74) is 14.5. The molecule has 144 valence electrons. The zero-order valence-electron chi connectivity index (χ0n) is 15.6. The average molecular weight is 390 g/mol. The third-order valence-electron chi connectivity index (χ3n) is 3.92. The highest BCUT2D eigenvalue weighted by Gasteiger charge is 2.16. The van der Waals surface area contributed by atoms with Crippen molar-refractivity contribution in [2.24, 2.45) is 5.73 Å². The Labute approximate surface area is 162 Å². The Morgan fingerprint density at radius 1 is 1.19 bits per heavy atom. The van der Waals surface area contributed by atoms with E-state index in [1.165, 1.54) is 0 Å². The van der Waals surface area contributed by atoms with E-state index in [-0.39, 0.29) is 12.1 Å². The van der Waals surface area contributed by atoms with Crippen LogP contribution in [0.1, 0.15) is 32.4 Å². The Bertz CT molecular complexity index is 936. The molecule has 0 bridgehead atoms. The van der Waals surface area contributed by atoms with Gasteiger partial charge >= 0.3 is 0 Å². The number of fused-ring (bicyclic) bond motifs is 1. The van der Waals surface area contributed by atoms with Gasteiger partial charge in [0.1, 0.15) is 0 Å². The molecule has 1 aromatic carbocycles. The van der Waals surface area contributed by atoms with Crippen molar-refractivity contribution in [3.63, 3.8) is 0 Å². The molecule has 0 aliphatic carbocycles. The largest absolute Gasteiger partial charge is 0.398 e. The lowest BCUT2D eigenvalue weighted by Crippen LogP contribution is -2.26. The van der Waals surface area contributed by atoms with Crippen LogP contribution in [0.15, 0.2) is 18.2 Å². The van der Waals surface area contributed by atoms with Gasteiger partial charge in [0.2, 0.25) is 5.95 Å². The van der Waals surface area contributed by atoms with E-state index in [0.717, 1.165) is 5.56 Å². The predicted octanol–water partition coefficient (Wildman–Crippen LogP) is 2.41. The number of hydrogen-bond donors (Lipinski definition) is 4. The van der Waals surface area contributed by atoms with Gasteiger partial charge in [0.25, 0.3) is 0 Å². The van der Waals surface area contributed by atoms with Crippen molar-refractivity contribution in [3.05, 3.63) is 28.8 Å². The highest BCUT2D eigenvalue weighted by molar-refractivity contribution is 6.33. The first-order valence-electron chi connectivity index (χ1n) is 8.75. The van der Waals surface area contributed by atoms with Crippen molar-refractivity contribution < 1.29 is 0 Å². The molecular formula is C17H24ClN9. The molecule has 3 rings (SSSR count). The average Bonchev–Trinajstić information content (AvgIpc) is 3.05. The Morgan fingerprint density at radius 3 is 2.63 bits per heavy atom. The zero-order chi connectivity index (χ0) is 19.6. The molecule has 0 saturated carbocycles. The van der Waals surface area contributed by atoms with E-state index in [1.807, 2.05) is 32.9 Å². The van der Waals surface area contributed by atoms with Crippen LogP contribution in [0.5, 0.6) is 0 Å². The third-order valence-corrected chi connectivity index (χ3v) is 4.26. The van der Waals surface area contributed by atoms with Gasteiger partial charge in [0.15, 0.2) is 17.0 Å². The fraction of sp³-hybridized carbons (Fsp3) is 0.412. The molecule has 0 aliphatic heterocycles. The maximum Gasteiger partial charge on any atom is 0.226 e. The first kappa shape index (κ1) is 19.1. The first-order chi connectivity index (χ1) is 12.8. The molecule has 0 aliphatic rings. The molecule has 2 heterocycles. The normalized spacial score (nSPS) is 12.5. The Hall–Kier alpha value is -2.65. The molecule has 2 aromatic heterocycles. The van der Waals surface area contributed by atoms with Crippen LogP contribution in [0.2, 0.25) is 5.02 Å². The molecule has 0 fully saturated rings. The number of rotatable bonds is 7. The maximum atomic E-state index is 5.98. The van der Waals surface area contributed by atoms with E-state index in [1.54, 1.807) is 10.7 Å². The number of nitrogens with zero attached hydrogens (tertiary/aromatic N) is 5. The zero-order valence-corrected chi connectivity index (χ0v) is 16.3. The Morgan fingerprint density at radius 2 is 1.96 bits per heavy atom. The summed E-state index contributed by atoms with van der Waals surface area (Å²) < 4.78 is 1.76. The molecular weight excluding hydrogens is 366 g/mol. The SMILES string of the molecule is CC(N)CNc1nc(NCc2ccc(Cl)c(N)c2)c2nnn(C(C)C)c2n1. The minimum Gasteiger partial charge on any atom is -0.398 e. The van der Waals surface area contributed by atoms with Gasteiger partial charge in [-0.3, -0.25) is 0 Å². The first-order valence-corrected chi connectivity index (χ1v) is 9.13. The molecule has 27 heavy (non-hydrogen) atoms. The number of anilines is 3. The van der Waals surface area contributed by atoms with Gasteiger partial charge in [0, 0.05) is 19.1 Å². The minimum atomic E-state index is -0.0223. The summed E-state index contributed by atoms with van der Waals surface area (Å²) in [4.78, 5) is 9.09. The van der Waals surface area contributed by atoms with Crippen LogP contribution < -0.4 is 22.1 Å². The molecule has 6 N–H and O–H groups in total. The summed E-state index contributed by atoms with van der Waals surface area (Å²) in [6, 6.07) is 5.60. The smallest absolute Gasteiger partial charge is 0.226 e. The highest BCUT2D eigenvalue weighted by atomic mass is 35.5. The van der Waals surface area contributed by atoms with Crippen molar-refractivity contribution in [1.29, 1.82) is 0 Å². The monoisotopic (exact) mass is 389 g/mol. The van der Waals surface area contributed by atoms with Crippen LogP contribution in [0.3, 0.4) is 0 Å². The molecule has 1 atom stereocenters. The summed E-state index contributed by atoms with van der Waals surface area (Å²) >= 11 is 5.98. The van der Waals surface area contributed by atoms with Gasteiger partial charge in [0.05, 0.1) is 16.8 Å². The molecule has 10 heteroatoms. The van der Waals surface area contributed by atoms with Gasteiger partial charge in [-0.1, -0.05) is 22.9 Å². The minimum absolute atomic E-state index is 0.0223. The van der Waals surface area contributed by atoms with Gasteiger partial charge in [-0.05, 0) is 38.5 Å². The van der Waals surface area contributed by atoms with Crippen molar-refractivity contribution in [1.82, 2.24) is 25.0 Å². The Kier molecular flexibility index (Phi) is 5.62. The number of benzene rings is 1. The maximum absolute atomic E-state index is 5.98. The summed E-state index contributed by atoms with van der Waals surface area (Å²) in [5, 5.41) is 15.4. The summed E-state index contributed by atoms with van der Waals surface area (Å²) in [6.45, 7) is 7.02. The second-order valence-corrected chi connectivity index (χ2v) is 7.17. The van der Waals surface area contributed by atoms with Crippen molar-refractivity contribution in [3.8, 4) is 0 Å². The quantitative estimate of drug-likeness (QED) is 0.453. The van der Waals surface area contributed by atoms with E-state index in [2.05, 4.69) is 30.9 Å². The van der Waals surface area contributed by atoms with Crippen LogP contribution in [0, 0.1) is 0 Å². The molecule has 0 radical (unpaired) electrons. The second kappa shape index (κ2) is 7.93. The lowest BCUT2D eigenvalue weighted by atomic mass is 10.2. The summed E-state index contributed by atoms with van der Waals surface area (Å²) in [6.07, 6.45) is 0. The van der Waals surface area contributed by atoms with Gasteiger partial charge in [-0.2, -0.15) is 9.97 Å². The number of nitrogen functional groups attached to an aromatic ring is 1. The predicted molar refractivity (Wildman–Crippen MR) is 109 cm³/mol. The van der Waals surface area contributed by atoms with Crippen molar-refractivity contribution in [2.75, 3.05) is 22.9 Å².